The van der Waals surface area contributed by atoms with Crippen LogP contribution in [0.5, 0.6) is 5.75 Å². The zero-order chi connectivity index (χ0) is 15.5. The summed E-state index contributed by atoms with van der Waals surface area (Å²) in [6, 6.07) is 12.2. The van der Waals surface area contributed by atoms with E-state index >= 15 is 0 Å². The number of ether oxygens (including phenoxy) is 2. The Kier molecular flexibility index (Phi) is 4.48. The fraction of sp³-hybridized carbons (Fsp3) is 0.353. The highest BCUT2D eigenvalue weighted by molar-refractivity contribution is 5.84. The number of fused-ring (bicyclic) bond motifs is 1. The molecule has 2 rings (SSSR count). The van der Waals surface area contributed by atoms with E-state index in [2.05, 4.69) is 17.4 Å². The predicted octanol–water partition coefficient (Wildman–Crippen LogP) is 2.89. The van der Waals surface area contributed by atoms with Crippen molar-refractivity contribution in [3.8, 4) is 5.75 Å². The Bertz CT molecular complexity index is 650. The van der Waals surface area contributed by atoms with Gasteiger partial charge >= 0.3 is 5.97 Å². The first kappa shape index (κ1) is 15.3. The van der Waals surface area contributed by atoms with Crippen LogP contribution in [0.4, 0.5) is 0 Å². The molecule has 0 radical (unpaired) electrons. The topological polar surface area (TPSA) is 47.6 Å². The predicted molar refractivity (Wildman–Crippen MR) is 83.4 cm³/mol. The molecule has 0 aliphatic heterocycles. The minimum Gasteiger partial charge on any atom is -0.497 e. The average Bonchev–Trinajstić information content (AvgIpc) is 2.51. The van der Waals surface area contributed by atoms with Crippen LogP contribution in [-0.2, 0) is 16.1 Å². The summed E-state index contributed by atoms with van der Waals surface area (Å²) in [5.74, 6) is 0.577. The molecule has 0 saturated heterocycles. The second-order valence-corrected chi connectivity index (χ2v) is 5.52. The van der Waals surface area contributed by atoms with Gasteiger partial charge in [-0.05, 0) is 48.4 Å². The lowest BCUT2D eigenvalue weighted by atomic mass is 10.0. The van der Waals surface area contributed by atoms with Crippen molar-refractivity contribution in [3.05, 3.63) is 42.0 Å². The summed E-state index contributed by atoms with van der Waals surface area (Å²) in [4.78, 5) is 11.6. The Morgan fingerprint density at radius 2 is 1.76 bits per heavy atom. The zero-order valence-electron chi connectivity index (χ0n) is 12.9. The van der Waals surface area contributed by atoms with E-state index in [0.29, 0.717) is 6.54 Å². The van der Waals surface area contributed by atoms with Crippen LogP contribution < -0.4 is 10.1 Å². The van der Waals surface area contributed by atoms with E-state index in [9.17, 15) is 4.79 Å². The Hall–Kier alpha value is -2.07. The molecule has 0 saturated carbocycles. The summed E-state index contributed by atoms with van der Waals surface area (Å²) in [5.41, 5.74) is 0.411. The van der Waals surface area contributed by atoms with E-state index in [4.69, 9.17) is 9.47 Å². The largest absolute Gasteiger partial charge is 0.497 e. The monoisotopic (exact) mass is 287 g/mol. The van der Waals surface area contributed by atoms with Gasteiger partial charge in [0.15, 0.2) is 0 Å². The van der Waals surface area contributed by atoms with Crippen molar-refractivity contribution in [1.82, 2.24) is 5.32 Å². The first-order valence-corrected chi connectivity index (χ1v) is 6.86. The van der Waals surface area contributed by atoms with E-state index in [1.165, 1.54) is 7.11 Å². The van der Waals surface area contributed by atoms with Gasteiger partial charge in [-0.1, -0.05) is 18.2 Å². The summed E-state index contributed by atoms with van der Waals surface area (Å²) in [6.07, 6.45) is 0. The van der Waals surface area contributed by atoms with Gasteiger partial charge in [-0.2, -0.15) is 0 Å². The van der Waals surface area contributed by atoms with Crippen molar-refractivity contribution < 1.29 is 14.3 Å². The van der Waals surface area contributed by atoms with Crippen LogP contribution >= 0.6 is 0 Å². The van der Waals surface area contributed by atoms with Crippen molar-refractivity contribution in [3.63, 3.8) is 0 Å². The number of benzene rings is 2. The summed E-state index contributed by atoms with van der Waals surface area (Å²) < 4.78 is 10.0. The van der Waals surface area contributed by atoms with Gasteiger partial charge in [-0.25, -0.2) is 0 Å². The summed E-state index contributed by atoms with van der Waals surface area (Å²) in [6.45, 7) is 4.22. The van der Waals surface area contributed by atoms with Gasteiger partial charge in [-0.15, -0.1) is 0 Å². The zero-order valence-corrected chi connectivity index (χ0v) is 12.9. The molecular formula is C17H21NO3. The quantitative estimate of drug-likeness (QED) is 0.859. The second-order valence-electron chi connectivity index (χ2n) is 5.52. The van der Waals surface area contributed by atoms with Crippen molar-refractivity contribution in [2.75, 3.05) is 14.2 Å². The molecule has 4 nitrogen and oxygen atoms in total. The van der Waals surface area contributed by atoms with E-state index in [1.807, 2.05) is 38.1 Å². The van der Waals surface area contributed by atoms with Gasteiger partial charge in [0.2, 0.25) is 0 Å². The first-order valence-electron chi connectivity index (χ1n) is 6.86. The lowest BCUT2D eigenvalue weighted by Crippen LogP contribution is -2.46. The summed E-state index contributed by atoms with van der Waals surface area (Å²) in [7, 11) is 3.06. The third-order valence-electron chi connectivity index (χ3n) is 3.54. The number of nitrogens with one attached hydrogen (secondary N) is 1. The maximum atomic E-state index is 11.6. The lowest BCUT2D eigenvalue weighted by Gasteiger charge is -2.23. The van der Waals surface area contributed by atoms with Gasteiger partial charge in [0.1, 0.15) is 11.3 Å². The number of methoxy groups -OCH3 is 2. The molecule has 0 atom stereocenters. The number of esters is 1. The van der Waals surface area contributed by atoms with Gasteiger partial charge in [0.05, 0.1) is 14.2 Å². The van der Waals surface area contributed by atoms with E-state index in [-0.39, 0.29) is 5.97 Å². The van der Waals surface area contributed by atoms with Crippen LogP contribution in [0.2, 0.25) is 0 Å². The Morgan fingerprint density at radius 3 is 2.43 bits per heavy atom. The molecule has 4 heteroatoms. The Balaban J connectivity index is 2.15. The standard InChI is InChI=1S/C17H21NO3/c1-17(2,16(19)21-4)18-11-12-5-6-14-10-15(20-3)8-7-13(14)9-12/h5-10,18H,11H2,1-4H3. The molecule has 0 aliphatic carbocycles. The molecular weight excluding hydrogens is 266 g/mol. The molecule has 0 amide bonds. The SMILES string of the molecule is COC(=O)C(C)(C)NCc1ccc2cc(OC)ccc2c1. The molecule has 0 spiro atoms. The molecule has 0 fully saturated rings. The van der Waals surface area contributed by atoms with Crippen LogP contribution in [0.25, 0.3) is 10.8 Å². The number of carbonyl (C=O) groups excluding carboxylic acids is 1. The third kappa shape index (κ3) is 3.52. The van der Waals surface area contributed by atoms with E-state index < -0.39 is 5.54 Å². The van der Waals surface area contributed by atoms with Crippen molar-refractivity contribution in [2.45, 2.75) is 25.9 Å². The molecule has 2 aromatic rings. The lowest BCUT2D eigenvalue weighted by molar-refractivity contribution is -0.147. The van der Waals surface area contributed by atoms with Gasteiger partial charge < -0.3 is 9.47 Å². The van der Waals surface area contributed by atoms with Crippen molar-refractivity contribution >= 4 is 16.7 Å². The Morgan fingerprint density at radius 1 is 1.10 bits per heavy atom. The molecule has 2 aromatic carbocycles. The summed E-state index contributed by atoms with van der Waals surface area (Å²) >= 11 is 0. The van der Waals surface area contributed by atoms with Crippen LogP contribution in [0.1, 0.15) is 19.4 Å². The van der Waals surface area contributed by atoms with Gasteiger partial charge in [0, 0.05) is 6.54 Å². The maximum absolute atomic E-state index is 11.6. The minimum absolute atomic E-state index is 0.270. The highest BCUT2D eigenvalue weighted by Crippen LogP contribution is 2.22. The van der Waals surface area contributed by atoms with E-state index in [1.54, 1.807) is 7.11 Å². The molecule has 0 aromatic heterocycles. The smallest absolute Gasteiger partial charge is 0.325 e. The fourth-order valence-corrected chi connectivity index (χ4v) is 2.16. The van der Waals surface area contributed by atoms with Crippen LogP contribution in [0.15, 0.2) is 36.4 Å². The number of carbonyl (C=O) groups is 1. The first-order chi connectivity index (χ1) is 9.96. The highest BCUT2D eigenvalue weighted by atomic mass is 16.5. The fourth-order valence-electron chi connectivity index (χ4n) is 2.16. The van der Waals surface area contributed by atoms with Gasteiger partial charge in [0.25, 0.3) is 0 Å². The molecule has 21 heavy (non-hydrogen) atoms. The molecule has 0 aliphatic rings. The summed E-state index contributed by atoms with van der Waals surface area (Å²) in [5, 5.41) is 5.49. The number of rotatable bonds is 5. The second kappa shape index (κ2) is 6.14. The van der Waals surface area contributed by atoms with E-state index in [0.717, 1.165) is 22.1 Å². The number of hydrogen-bond donors (Lipinski definition) is 1. The van der Waals surface area contributed by atoms with Crippen LogP contribution in [0.3, 0.4) is 0 Å². The molecule has 0 unspecified atom stereocenters. The highest BCUT2D eigenvalue weighted by Gasteiger charge is 2.27. The normalized spacial score (nSPS) is 11.4. The van der Waals surface area contributed by atoms with Crippen molar-refractivity contribution in [2.24, 2.45) is 0 Å². The molecule has 112 valence electrons. The molecule has 1 N–H and O–H groups in total. The minimum atomic E-state index is -0.705. The Labute approximate surface area is 125 Å². The molecule has 0 bridgehead atoms. The van der Waals surface area contributed by atoms with Gasteiger partial charge in [-0.3, -0.25) is 10.1 Å². The number of hydrogen-bond acceptors (Lipinski definition) is 4. The van der Waals surface area contributed by atoms with Crippen molar-refractivity contribution in [1.29, 1.82) is 0 Å². The maximum Gasteiger partial charge on any atom is 0.325 e. The third-order valence-corrected chi connectivity index (χ3v) is 3.54. The van der Waals surface area contributed by atoms with Crippen LogP contribution in [0, 0.1) is 0 Å². The molecule has 0 heterocycles. The average molecular weight is 287 g/mol. The van der Waals surface area contributed by atoms with Crippen LogP contribution in [-0.4, -0.2) is 25.7 Å².